The van der Waals surface area contributed by atoms with Crippen molar-refractivity contribution in [2.75, 3.05) is 26.2 Å². The number of furan rings is 1. The van der Waals surface area contributed by atoms with Crippen molar-refractivity contribution < 1.29 is 9.21 Å². The molecule has 1 aliphatic carbocycles. The number of piperazine rings is 1. The molecule has 3 rings (SSSR count). The van der Waals surface area contributed by atoms with Crippen LogP contribution in [0.25, 0.3) is 10.4 Å². The Kier molecular flexibility index (Phi) is 4.13. The number of azide groups is 1. The highest BCUT2D eigenvalue weighted by atomic mass is 16.4. The van der Waals surface area contributed by atoms with Crippen LogP contribution in [-0.4, -0.2) is 47.9 Å². The van der Waals surface area contributed by atoms with E-state index in [1.165, 1.54) is 19.3 Å². The fourth-order valence-corrected chi connectivity index (χ4v) is 2.88. The third-order valence-electron chi connectivity index (χ3n) is 4.35. The average Bonchev–Trinajstić information content (AvgIpc) is 2.92. The zero-order chi connectivity index (χ0) is 14.7. The minimum Gasteiger partial charge on any atom is -0.456 e. The van der Waals surface area contributed by atoms with E-state index in [1.807, 2.05) is 4.90 Å². The summed E-state index contributed by atoms with van der Waals surface area (Å²) >= 11 is 0. The van der Waals surface area contributed by atoms with E-state index in [2.05, 4.69) is 14.9 Å². The van der Waals surface area contributed by atoms with E-state index in [1.54, 1.807) is 12.1 Å². The predicted octanol–water partition coefficient (Wildman–Crippen LogP) is 2.40. The van der Waals surface area contributed by atoms with Crippen LogP contribution in [0.15, 0.2) is 21.7 Å². The number of carbonyl (C=O) groups excluding carboxylic acids is 1. The van der Waals surface area contributed by atoms with Gasteiger partial charge in [-0.3, -0.25) is 9.69 Å². The van der Waals surface area contributed by atoms with Gasteiger partial charge in [-0.25, -0.2) is 0 Å². The molecule has 0 spiro atoms. The van der Waals surface area contributed by atoms with Crippen molar-refractivity contribution in [1.82, 2.24) is 9.80 Å². The lowest BCUT2D eigenvalue weighted by Crippen LogP contribution is -2.53. The Labute approximate surface area is 123 Å². The van der Waals surface area contributed by atoms with Crippen LogP contribution < -0.4 is 0 Å². The Morgan fingerprint density at radius 3 is 2.71 bits per heavy atom. The normalized spacial score (nSPS) is 19.9. The van der Waals surface area contributed by atoms with Crippen LogP contribution in [0.2, 0.25) is 0 Å². The van der Waals surface area contributed by atoms with Gasteiger partial charge in [0, 0.05) is 37.1 Å². The molecular weight excluding hydrogens is 270 g/mol. The maximum absolute atomic E-state index is 12.4. The minimum atomic E-state index is -0.0737. The maximum Gasteiger partial charge on any atom is 0.289 e. The first kappa shape index (κ1) is 14.0. The molecular formula is C14H19N5O2. The lowest BCUT2D eigenvalue weighted by molar-refractivity contribution is 0.0432. The van der Waals surface area contributed by atoms with Crippen LogP contribution in [0.5, 0.6) is 0 Å². The number of amides is 1. The summed E-state index contributed by atoms with van der Waals surface area (Å²) in [6.07, 6.45) is 3.94. The van der Waals surface area contributed by atoms with Gasteiger partial charge in [-0.05, 0) is 30.5 Å². The van der Waals surface area contributed by atoms with E-state index in [9.17, 15) is 4.79 Å². The summed E-state index contributed by atoms with van der Waals surface area (Å²) in [5.41, 5.74) is 8.28. The second-order valence-electron chi connectivity index (χ2n) is 5.57. The molecule has 0 unspecified atom stereocenters. The molecule has 112 valence electrons. The smallest absolute Gasteiger partial charge is 0.289 e. The molecule has 0 radical (unpaired) electrons. The van der Waals surface area contributed by atoms with E-state index in [0.29, 0.717) is 11.5 Å². The highest BCUT2D eigenvalue weighted by Gasteiger charge is 2.30. The summed E-state index contributed by atoms with van der Waals surface area (Å²) in [4.78, 5) is 19.4. The molecule has 1 amide bonds. The molecule has 1 saturated heterocycles. The van der Waals surface area contributed by atoms with Crippen LogP contribution >= 0.6 is 0 Å². The molecule has 0 bridgehead atoms. The first-order valence-electron chi connectivity index (χ1n) is 7.41. The molecule has 7 heteroatoms. The van der Waals surface area contributed by atoms with Crippen molar-refractivity contribution in [3.63, 3.8) is 0 Å². The Morgan fingerprint density at radius 2 is 2.10 bits per heavy atom. The van der Waals surface area contributed by atoms with Crippen LogP contribution in [0.1, 0.15) is 35.6 Å². The van der Waals surface area contributed by atoms with Gasteiger partial charge in [0.15, 0.2) is 5.76 Å². The molecule has 2 fully saturated rings. The average molecular weight is 289 g/mol. The van der Waals surface area contributed by atoms with Gasteiger partial charge >= 0.3 is 0 Å². The fraction of sp³-hybridized carbons (Fsp3) is 0.643. The van der Waals surface area contributed by atoms with Crippen LogP contribution in [-0.2, 0) is 6.54 Å². The summed E-state index contributed by atoms with van der Waals surface area (Å²) in [7, 11) is 0. The summed E-state index contributed by atoms with van der Waals surface area (Å²) in [5, 5.41) is 3.43. The molecule has 1 aromatic rings. The molecule has 2 aliphatic rings. The minimum absolute atomic E-state index is 0.0737. The predicted molar refractivity (Wildman–Crippen MR) is 76.7 cm³/mol. The second kappa shape index (κ2) is 6.20. The summed E-state index contributed by atoms with van der Waals surface area (Å²) in [6, 6.07) is 4.08. The number of hydrogen-bond donors (Lipinski definition) is 0. The SMILES string of the molecule is [N-]=[N+]=NCc1ccc(C(=O)N2CCN(C3CCC3)CC2)o1. The van der Waals surface area contributed by atoms with Gasteiger partial charge in [-0.2, -0.15) is 0 Å². The Balaban J connectivity index is 1.55. The number of carbonyl (C=O) groups is 1. The second-order valence-corrected chi connectivity index (χ2v) is 5.57. The van der Waals surface area contributed by atoms with Crippen molar-refractivity contribution in [1.29, 1.82) is 0 Å². The summed E-state index contributed by atoms with van der Waals surface area (Å²) < 4.78 is 5.44. The van der Waals surface area contributed by atoms with Crippen LogP contribution in [0.3, 0.4) is 0 Å². The zero-order valence-electron chi connectivity index (χ0n) is 11.9. The van der Waals surface area contributed by atoms with Gasteiger partial charge in [-0.15, -0.1) is 0 Å². The van der Waals surface area contributed by atoms with Gasteiger partial charge in [-0.1, -0.05) is 11.5 Å². The first-order valence-corrected chi connectivity index (χ1v) is 7.41. The van der Waals surface area contributed by atoms with E-state index in [4.69, 9.17) is 9.95 Å². The van der Waals surface area contributed by atoms with Crippen molar-refractivity contribution in [3.05, 3.63) is 34.1 Å². The third-order valence-corrected chi connectivity index (χ3v) is 4.35. The number of rotatable bonds is 4. The van der Waals surface area contributed by atoms with E-state index in [0.717, 1.165) is 32.2 Å². The molecule has 7 nitrogen and oxygen atoms in total. The molecule has 1 saturated carbocycles. The largest absolute Gasteiger partial charge is 0.456 e. The van der Waals surface area contributed by atoms with Gasteiger partial charge in [0.25, 0.3) is 5.91 Å². The molecule has 1 aromatic heterocycles. The molecule has 2 heterocycles. The van der Waals surface area contributed by atoms with Crippen molar-refractivity contribution >= 4 is 5.91 Å². The van der Waals surface area contributed by atoms with Gasteiger partial charge < -0.3 is 9.32 Å². The maximum atomic E-state index is 12.4. The van der Waals surface area contributed by atoms with E-state index < -0.39 is 0 Å². The van der Waals surface area contributed by atoms with Crippen molar-refractivity contribution in [2.45, 2.75) is 31.8 Å². The molecule has 1 aliphatic heterocycles. The monoisotopic (exact) mass is 289 g/mol. The number of nitrogens with zero attached hydrogens (tertiary/aromatic N) is 5. The van der Waals surface area contributed by atoms with Crippen molar-refractivity contribution in [3.8, 4) is 0 Å². The zero-order valence-corrected chi connectivity index (χ0v) is 11.9. The molecule has 0 aromatic carbocycles. The highest BCUT2D eigenvalue weighted by Crippen LogP contribution is 2.25. The first-order chi connectivity index (χ1) is 10.3. The quantitative estimate of drug-likeness (QED) is 0.484. The fourth-order valence-electron chi connectivity index (χ4n) is 2.88. The van der Waals surface area contributed by atoms with E-state index >= 15 is 0 Å². The number of hydrogen-bond acceptors (Lipinski definition) is 4. The standard InChI is InChI=1S/C14H19N5O2/c15-17-16-10-12-4-5-13(21-12)14(20)19-8-6-18(7-9-19)11-2-1-3-11/h4-5,11H,1-3,6-10H2. The van der Waals surface area contributed by atoms with E-state index in [-0.39, 0.29) is 12.5 Å². The van der Waals surface area contributed by atoms with Gasteiger partial charge in [0.05, 0.1) is 6.54 Å². The van der Waals surface area contributed by atoms with Gasteiger partial charge in [0.1, 0.15) is 5.76 Å². The van der Waals surface area contributed by atoms with Crippen molar-refractivity contribution in [2.24, 2.45) is 5.11 Å². The third kappa shape index (κ3) is 3.04. The Hall–Kier alpha value is -1.98. The highest BCUT2D eigenvalue weighted by molar-refractivity contribution is 5.91. The van der Waals surface area contributed by atoms with Crippen LogP contribution in [0, 0.1) is 0 Å². The van der Waals surface area contributed by atoms with Gasteiger partial charge in [0.2, 0.25) is 0 Å². The Bertz CT molecular complexity index is 551. The lowest BCUT2D eigenvalue weighted by Gasteiger charge is -2.42. The molecule has 0 atom stereocenters. The summed E-state index contributed by atoms with van der Waals surface area (Å²) in [6.45, 7) is 3.54. The molecule has 21 heavy (non-hydrogen) atoms. The summed E-state index contributed by atoms with van der Waals surface area (Å²) in [5.74, 6) is 0.773. The van der Waals surface area contributed by atoms with Crippen LogP contribution in [0.4, 0.5) is 0 Å². The topological polar surface area (TPSA) is 85.5 Å². The lowest BCUT2D eigenvalue weighted by atomic mass is 9.91. The Morgan fingerprint density at radius 1 is 1.33 bits per heavy atom. The molecule has 0 N–H and O–H groups in total.